The Balaban J connectivity index is 0.000000451. The van der Waals surface area contributed by atoms with Crippen molar-refractivity contribution in [2.75, 3.05) is 31.2 Å². The summed E-state index contributed by atoms with van der Waals surface area (Å²) in [6.45, 7) is 7.54. The number of amides is 2. The predicted octanol–water partition coefficient (Wildman–Crippen LogP) is 3.47. The van der Waals surface area contributed by atoms with E-state index in [1.165, 1.54) is 6.20 Å². The van der Waals surface area contributed by atoms with Crippen LogP contribution < -0.4 is 16.4 Å². The summed E-state index contributed by atoms with van der Waals surface area (Å²) in [7, 11) is 1.91. The number of benzene rings is 2. The minimum absolute atomic E-state index is 0.132. The lowest BCUT2D eigenvalue weighted by molar-refractivity contribution is -0.124. The second kappa shape index (κ2) is 14.6. The van der Waals surface area contributed by atoms with Crippen LogP contribution in [0.25, 0.3) is 11.1 Å². The van der Waals surface area contributed by atoms with Crippen LogP contribution in [0.4, 0.5) is 20.3 Å². The van der Waals surface area contributed by atoms with Gasteiger partial charge in [0.2, 0.25) is 6.41 Å². The lowest BCUT2D eigenvalue weighted by atomic mass is 10.00. The number of nitrogens with zero attached hydrogens (tertiary/aromatic N) is 2. The molecule has 5 N–H and O–H groups in total. The summed E-state index contributed by atoms with van der Waals surface area (Å²) >= 11 is 0. The Morgan fingerprint density at radius 3 is 2.31 bits per heavy atom. The molecule has 0 radical (unpaired) electrons. The Hall–Kier alpha value is -4.22. The number of nitrogen functional groups attached to an aromatic ring is 1. The third-order valence-electron chi connectivity index (χ3n) is 5.80. The van der Waals surface area contributed by atoms with E-state index in [1.807, 2.05) is 20.9 Å². The van der Waals surface area contributed by atoms with Crippen molar-refractivity contribution < 1.29 is 28.3 Å². The highest BCUT2D eigenvalue weighted by Gasteiger charge is 2.22. The summed E-state index contributed by atoms with van der Waals surface area (Å²) in [6, 6.07) is 9.54. The number of nitrogens with two attached hydrogens (primary N) is 1. The topological polar surface area (TPSA) is 138 Å². The van der Waals surface area contributed by atoms with Gasteiger partial charge in [-0.3, -0.25) is 14.4 Å². The van der Waals surface area contributed by atoms with E-state index >= 15 is 0 Å². The number of aromatic nitrogens is 1. The molecule has 9 nitrogen and oxygen atoms in total. The van der Waals surface area contributed by atoms with Crippen molar-refractivity contribution in [1.82, 2.24) is 15.2 Å². The van der Waals surface area contributed by atoms with Crippen molar-refractivity contribution in [2.45, 2.75) is 32.9 Å². The van der Waals surface area contributed by atoms with Crippen molar-refractivity contribution >= 4 is 30.1 Å². The van der Waals surface area contributed by atoms with Crippen molar-refractivity contribution in [1.29, 1.82) is 0 Å². The first-order valence-electron chi connectivity index (χ1n) is 12.3. The van der Waals surface area contributed by atoms with Gasteiger partial charge >= 0.3 is 0 Å². The third-order valence-corrected chi connectivity index (χ3v) is 5.80. The number of hydrogen-bond acceptors (Lipinski definition) is 7. The van der Waals surface area contributed by atoms with Crippen molar-refractivity contribution in [3.8, 4) is 11.1 Å². The van der Waals surface area contributed by atoms with E-state index < -0.39 is 23.6 Å². The number of rotatable bonds is 7. The second-order valence-electron chi connectivity index (χ2n) is 8.49. The van der Waals surface area contributed by atoms with Gasteiger partial charge in [0.15, 0.2) is 12.4 Å². The highest BCUT2D eigenvalue weighted by molar-refractivity contribution is 5.95. The molecular weight excluding hydrogens is 508 g/mol. The minimum Gasteiger partial charge on any atom is -0.383 e. The van der Waals surface area contributed by atoms with Gasteiger partial charge in [0.25, 0.3) is 5.91 Å². The molecule has 1 fully saturated rings. The minimum atomic E-state index is -1.74. The number of hydrogen-bond donors (Lipinski definition) is 4. The number of likely N-dealkylation sites (tertiary alicyclic amines) is 1. The molecule has 2 amide bonds. The predicted molar refractivity (Wildman–Crippen MR) is 146 cm³/mol. The van der Waals surface area contributed by atoms with Crippen LogP contribution in [0.15, 0.2) is 48.7 Å². The molecular formula is C28H33F2N5O4. The Bertz CT molecular complexity index is 1280. The van der Waals surface area contributed by atoms with E-state index in [0.29, 0.717) is 29.6 Å². The maximum absolute atomic E-state index is 13.3. The molecule has 1 aromatic heterocycles. The molecule has 11 heteroatoms. The maximum atomic E-state index is 13.3. The molecule has 2 heterocycles. The van der Waals surface area contributed by atoms with Crippen LogP contribution in [0, 0.1) is 18.6 Å². The van der Waals surface area contributed by atoms with Gasteiger partial charge in [0, 0.05) is 42.6 Å². The van der Waals surface area contributed by atoms with E-state index in [9.17, 15) is 28.3 Å². The highest BCUT2D eigenvalue weighted by atomic mass is 19.1. The van der Waals surface area contributed by atoms with Gasteiger partial charge in [0.1, 0.15) is 17.5 Å². The van der Waals surface area contributed by atoms with Crippen molar-refractivity contribution in [2.24, 2.45) is 0 Å². The molecule has 4 rings (SSSR count). The van der Waals surface area contributed by atoms with E-state index in [-0.39, 0.29) is 16.9 Å². The number of aliphatic hydroxyl groups is 1. The third kappa shape index (κ3) is 8.39. The molecule has 1 unspecified atom stereocenters. The molecule has 0 bridgehead atoms. The molecule has 1 aliphatic rings. The van der Waals surface area contributed by atoms with E-state index in [4.69, 9.17) is 5.73 Å². The molecule has 1 saturated heterocycles. The van der Waals surface area contributed by atoms with Crippen LogP contribution in [0.2, 0.25) is 0 Å². The maximum Gasteiger partial charge on any atom is 0.257 e. The number of likely N-dealkylation sites (N-methyl/N-ethyl adjacent to an activating group) is 1. The van der Waals surface area contributed by atoms with Gasteiger partial charge in [-0.15, -0.1) is 0 Å². The van der Waals surface area contributed by atoms with E-state index in [2.05, 4.69) is 15.6 Å². The Morgan fingerprint density at radius 2 is 1.77 bits per heavy atom. The number of carbonyl (C=O) groups is 3. The summed E-state index contributed by atoms with van der Waals surface area (Å²) in [5.74, 6) is -2.48. The number of anilines is 2. The average Bonchev–Trinajstić information content (AvgIpc) is 2.89. The molecule has 3 aromatic rings. The summed E-state index contributed by atoms with van der Waals surface area (Å²) < 4.78 is 26.6. The van der Waals surface area contributed by atoms with Crippen LogP contribution in [-0.2, 0) is 9.59 Å². The number of carbonyl (C=O) groups excluding carboxylic acids is 3. The molecule has 208 valence electrons. The zero-order chi connectivity index (χ0) is 29.1. The largest absolute Gasteiger partial charge is 0.383 e. The number of pyridine rings is 1. The van der Waals surface area contributed by atoms with Gasteiger partial charge in [-0.1, -0.05) is 19.9 Å². The van der Waals surface area contributed by atoms with Gasteiger partial charge < -0.3 is 26.4 Å². The number of aliphatic hydroxyl groups excluding tert-OH is 1. The Labute approximate surface area is 226 Å². The molecule has 0 aliphatic carbocycles. The monoisotopic (exact) mass is 541 g/mol. The normalized spacial score (nSPS) is 13.1. The van der Waals surface area contributed by atoms with Gasteiger partial charge in [-0.05, 0) is 61.0 Å². The first-order valence-corrected chi connectivity index (χ1v) is 12.3. The summed E-state index contributed by atoms with van der Waals surface area (Å²) in [5.41, 5.74) is 8.29. The zero-order valence-electron chi connectivity index (χ0n) is 22.2. The highest BCUT2D eigenvalue weighted by Crippen LogP contribution is 2.28. The average molecular weight is 542 g/mol. The number of nitrogens with one attached hydrogen (secondary N) is 2. The molecule has 0 saturated carbocycles. The fraction of sp³-hybridized carbons (Fsp3) is 0.286. The summed E-state index contributed by atoms with van der Waals surface area (Å²) in [5, 5.41) is 15.7. The second-order valence-corrected chi connectivity index (χ2v) is 8.49. The van der Waals surface area contributed by atoms with Gasteiger partial charge in [0.05, 0.1) is 5.56 Å². The molecule has 1 atom stereocenters. The molecule has 39 heavy (non-hydrogen) atoms. The van der Waals surface area contributed by atoms with Crippen LogP contribution >= 0.6 is 0 Å². The molecule has 1 aliphatic heterocycles. The SMILES string of the molecule is CC.CNC1CN(C=O)C1.Cc1cc(NC(=O)C(O)c2cc(F)cc(F)c2)ccc1-c1cnc(N)c(C=O)c1. The zero-order valence-corrected chi connectivity index (χ0v) is 22.2. The van der Waals surface area contributed by atoms with Gasteiger partial charge in [-0.2, -0.15) is 0 Å². The van der Waals surface area contributed by atoms with Crippen molar-refractivity contribution in [3.05, 3.63) is 77.0 Å². The van der Waals surface area contributed by atoms with Gasteiger partial charge in [-0.25, -0.2) is 13.8 Å². The van der Waals surface area contributed by atoms with E-state index in [1.54, 1.807) is 36.1 Å². The van der Waals surface area contributed by atoms with Crippen LogP contribution in [0.1, 0.15) is 41.4 Å². The Kier molecular flexibility index (Phi) is 11.6. The Morgan fingerprint density at radius 1 is 1.13 bits per heavy atom. The number of aryl methyl sites for hydroxylation is 1. The van der Waals surface area contributed by atoms with Crippen LogP contribution in [-0.4, -0.2) is 59.8 Å². The van der Waals surface area contributed by atoms with Crippen LogP contribution in [0.5, 0.6) is 0 Å². The van der Waals surface area contributed by atoms with E-state index in [0.717, 1.165) is 42.8 Å². The lowest BCUT2D eigenvalue weighted by Crippen LogP contribution is -2.56. The van der Waals surface area contributed by atoms with Crippen molar-refractivity contribution in [3.63, 3.8) is 0 Å². The molecule has 0 spiro atoms. The first-order chi connectivity index (χ1) is 18.6. The standard InChI is InChI=1S/C21H17F2N3O3.C5H10N2O.C2H6/c1-11-4-17(2-3-18(11)13-5-14(10-27)20(24)25-9-13)26-21(29)19(28)12-6-15(22)8-16(23)7-12;1-6-5-2-7(3-5)4-8;1-2/h2-10,19,28H,1H3,(H2,24,25)(H,26,29);4-6H,2-3H2,1H3;1-2H3. The number of aldehydes is 1. The van der Waals surface area contributed by atoms with Crippen LogP contribution in [0.3, 0.4) is 0 Å². The number of halogens is 2. The molecule has 2 aromatic carbocycles. The summed E-state index contributed by atoms with van der Waals surface area (Å²) in [6.07, 6.45) is 1.29. The lowest BCUT2D eigenvalue weighted by Gasteiger charge is -2.35. The quantitative estimate of drug-likeness (QED) is 0.336. The smallest absolute Gasteiger partial charge is 0.257 e. The fourth-order valence-corrected chi connectivity index (χ4v) is 3.68. The summed E-state index contributed by atoms with van der Waals surface area (Å²) in [4.78, 5) is 39.0. The fourth-order valence-electron chi connectivity index (χ4n) is 3.68. The first kappa shape index (κ1) is 31.0.